The third kappa shape index (κ3) is 6.75. The Bertz CT molecular complexity index is 206. The second-order valence-corrected chi connectivity index (χ2v) is 6.06. The van der Waals surface area contributed by atoms with Gasteiger partial charge in [0.25, 0.3) is 0 Å². The molecule has 0 amide bonds. The summed E-state index contributed by atoms with van der Waals surface area (Å²) in [5, 5.41) is 0. The molecule has 0 atom stereocenters. The summed E-state index contributed by atoms with van der Waals surface area (Å²) in [6.45, 7) is 13.6. The summed E-state index contributed by atoms with van der Waals surface area (Å²) in [6, 6.07) is 0. The molecular formula is C11H25N3. The molecule has 0 saturated heterocycles. The molecule has 0 radical (unpaired) electrons. The van der Waals surface area contributed by atoms with Crippen molar-refractivity contribution < 1.29 is 0 Å². The smallest absolute Gasteiger partial charge is 0.191 e. The van der Waals surface area contributed by atoms with Crippen LogP contribution >= 0.6 is 0 Å². The molecule has 0 bridgehead atoms. The van der Waals surface area contributed by atoms with E-state index >= 15 is 0 Å². The summed E-state index contributed by atoms with van der Waals surface area (Å²) in [7, 11) is 1.98. The summed E-state index contributed by atoms with van der Waals surface area (Å²) in [6.07, 6.45) is 0. The van der Waals surface area contributed by atoms with Crippen molar-refractivity contribution in [3.63, 3.8) is 0 Å². The molecule has 0 rings (SSSR count). The molecule has 14 heavy (non-hydrogen) atoms. The monoisotopic (exact) mass is 199 g/mol. The van der Waals surface area contributed by atoms with Gasteiger partial charge in [0, 0.05) is 13.6 Å². The molecule has 84 valence electrons. The van der Waals surface area contributed by atoms with Crippen molar-refractivity contribution in [2.45, 2.75) is 47.1 Å². The number of hydrogen-bond donors (Lipinski definition) is 1. The van der Waals surface area contributed by atoms with Gasteiger partial charge in [-0.05, 0) is 26.2 Å². The predicted octanol–water partition coefficient (Wildman–Crippen LogP) is 2.08. The van der Waals surface area contributed by atoms with Crippen LogP contribution in [0.3, 0.4) is 0 Å². The highest BCUT2D eigenvalue weighted by Crippen LogP contribution is 2.14. The fraction of sp³-hybridized carbons (Fsp3) is 0.909. The predicted molar refractivity (Wildman–Crippen MR) is 63.5 cm³/mol. The molecule has 0 aromatic rings. The summed E-state index contributed by atoms with van der Waals surface area (Å²) >= 11 is 0. The van der Waals surface area contributed by atoms with Gasteiger partial charge in [0.1, 0.15) is 0 Å². The van der Waals surface area contributed by atoms with E-state index in [1.165, 1.54) is 0 Å². The van der Waals surface area contributed by atoms with Crippen LogP contribution in [0.5, 0.6) is 0 Å². The molecular weight excluding hydrogens is 174 g/mol. The molecule has 0 spiro atoms. The van der Waals surface area contributed by atoms with Gasteiger partial charge in [-0.25, -0.2) is 4.99 Å². The van der Waals surface area contributed by atoms with Crippen molar-refractivity contribution in [2.75, 3.05) is 13.6 Å². The topological polar surface area (TPSA) is 41.6 Å². The molecule has 3 heteroatoms. The molecule has 0 aliphatic heterocycles. The van der Waals surface area contributed by atoms with E-state index in [1.54, 1.807) is 0 Å². The highest BCUT2D eigenvalue weighted by Gasteiger charge is 2.16. The van der Waals surface area contributed by atoms with E-state index in [1.807, 2.05) is 32.7 Å². The lowest BCUT2D eigenvalue weighted by molar-refractivity contribution is 0.302. The molecule has 0 fully saturated rings. The maximum Gasteiger partial charge on any atom is 0.191 e. The normalized spacial score (nSPS) is 14.4. The Kier molecular flexibility index (Phi) is 3.98. The van der Waals surface area contributed by atoms with Crippen LogP contribution in [0.4, 0.5) is 0 Å². The van der Waals surface area contributed by atoms with Gasteiger partial charge in [-0.1, -0.05) is 20.8 Å². The first-order valence-corrected chi connectivity index (χ1v) is 5.08. The van der Waals surface area contributed by atoms with Crippen LogP contribution in [-0.2, 0) is 0 Å². The fourth-order valence-corrected chi connectivity index (χ4v) is 1.22. The minimum Gasteiger partial charge on any atom is -0.370 e. The van der Waals surface area contributed by atoms with Crippen molar-refractivity contribution in [1.82, 2.24) is 4.90 Å². The maximum atomic E-state index is 5.89. The lowest BCUT2D eigenvalue weighted by Crippen LogP contribution is -2.40. The van der Waals surface area contributed by atoms with Crippen molar-refractivity contribution >= 4 is 5.96 Å². The van der Waals surface area contributed by atoms with E-state index in [-0.39, 0.29) is 11.0 Å². The molecule has 0 unspecified atom stereocenters. The van der Waals surface area contributed by atoms with Crippen molar-refractivity contribution in [1.29, 1.82) is 0 Å². The standard InChI is InChI=1S/C11H25N3/c1-10(2,3)8-14(7)9(12)13-11(4,5)6/h8H2,1-7H3,(H2,12,13). The number of nitrogens with two attached hydrogens (primary N) is 1. The SMILES string of the molecule is CN(CC(C)(C)C)C(N)=NC(C)(C)C. The number of rotatable bonds is 1. The van der Waals surface area contributed by atoms with Gasteiger partial charge in [-0.15, -0.1) is 0 Å². The molecule has 2 N–H and O–H groups in total. The van der Waals surface area contributed by atoms with Crippen LogP contribution < -0.4 is 5.73 Å². The zero-order valence-corrected chi connectivity index (χ0v) is 10.7. The van der Waals surface area contributed by atoms with E-state index in [4.69, 9.17) is 5.73 Å². The second kappa shape index (κ2) is 4.20. The van der Waals surface area contributed by atoms with Gasteiger partial charge in [-0.3, -0.25) is 0 Å². The summed E-state index contributed by atoms with van der Waals surface area (Å²) in [4.78, 5) is 6.42. The first-order valence-electron chi connectivity index (χ1n) is 5.08. The largest absolute Gasteiger partial charge is 0.370 e. The Balaban J connectivity index is 4.41. The third-order valence-electron chi connectivity index (χ3n) is 1.55. The van der Waals surface area contributed by atoms with E-state index in [2.05, 4.69) is 25.8 Å². The second-order valence-electron chi connectivity index (χ2n) is 6.06. The molecule has 0 saturated carbocycles. The molecule has 0 aliphatic rings. The van der Waals surface area contributed by atoms with Gasteiger partial charge in [0.15, 0.2) is 5.96 Å². The quantitative estimate of drug-likeness (QED) is 0.519. The first-order chi connectivity index (χ1) is 6.01. The van der Waals surface area contributed by atoms with Gasteiger partial charge < -0.3 is 10.6 Å². The fourth-order valence-electron chi connectivity index (χ4n) is 1.22. The zero-order chi connectivity index (χ0) is 11.6. The maximum absolute atomic E-state index is 5.89. The average molecular weight is 199 g/mol. The number of guanidine groups is 1. The van der Waals surface area contributed by atoms with E-state index in [9.17, 15) is 0 Å². The molecule has 0 aromatic carbocycles. The minimum atomic E-state index is -0.101. The van der Waals surface area contributed by atoms with Gasteiger partial charge in [0.05, 0.1) is 5.54 Å². The van der Waals surface area contributed by atoms with Crippen molar-refractivity contribution in [2.24, 2.45) is 16.1 Å². The van der Waals surface area contributed by atoms with Crippen LogP contribution in [0.2, 0.25) is 0 Å². The minimum absolute atomic E-state index is 0.101. The van der Waals surface area contributed by atoms with E-state index in [0.29, 0.717) is 5.96 Å². The van der Waals surface area contributed by atoms with E-state index < -0.39 is 0 Å². The molecule has 0 aliphatic carbocycles. The van der Waals surface area contributed by atoms with Crippen LogP contribution in [0.15, 0.2) is 4.99 Å². The van der Waals surface area contributed by atoms with Crippen molar-refractivity contribution in [3.05, 3.63) is 0 Å². The number of hydrogen-bond acceptors (Lipinski definition) is 1. The highest BCUT2D eigenvalue weighted by atomic mass is 15.2. The number of aliphatic imine (C=N–C) groups is 1. The van der Waals surface area contributed by atoms with Crippen molar-refractivity contribution in [3.8, 4) is 0 Å². The van der Waals surface area contributed by atoms with Crippen LogP contribution in [-0.4, -0.2) is 30.0 Å². The van der Waals surface area contributed by atoms with Gasteiger partial charge in [-0.2, -0.15) is 0 Å². The summed E-state index contributed by atoms with van der Waals surface area (Å²) < 4.78 is 0. The lowest BCUT2D eigenvalue weighted by atomic mass is 9.96. The van der Waals surface area contributed by atoms with Crippen LogP contribution in [0.1, 0.15) is 41.5 Å². The number of nitrogens with zero attached hydrogens (tertiary/aromatic N) is 2. The zero-order valence-electron chi connectivity index (χ0n) is 10.7. The Morgan fingerprint density at radius 3 is 1.86 bits per heavy atom. The van der Waals surface area contributed by atoms with Gasteiger partial charge in [0.2, 0.25) is 0 Å². The Hall–Kier alpha value is -0.730. The molecule has 0 aromatic heterocycles. The summed E-state index contributed by atoms with van der Waals surface area (Å²) in [5.74, 6) is 0.618. The summed E-state index contributed by atoms with van der Waals surface area (Å²) in [5.41, 5.74) is 6.03. The molecule has 3 nitrogen and oxygen atoms in total. The molecule has 0 heterocycles. The Labute approximate surface area is 88.4 Å². The van der Waals surface area contributed by atoms with Gasteiger partial charge >= 0.3 is 0 Å². The Morgan fingerprint density at radius 2 is 1.57 bits per heavy atom. The van der Waals surface area contributed by atoms with Crippen LogP contribution in [0.25, 0.3) is 0 Å². The first kappa shape index (κ1) is 13.3. The lowest BCUT2D eigenvalue weighted by Gasteiger charge is -2.28. The van der Waals surface area contributed by atoms with E-state index in [0.717, 1.165) is 6.54 Å². The highest BCUT2D eigenvalue weighted by molar-refractivity contribution is 5.78. The van der Waals surface area contributed by atoms with Crippen LogP contribution in [0, 0.1) is 5.41 Å². The Morgan fingerprint density at radius 1 is 1.14 bits per heavy atom. The third-order valence-corrected chi connectivity index (χ3v) is 1.55. The average Bonchev–Trinajstić information content (AvgIpc) is 1.78.